The van der Waals surface area contributed by atoms with Crippen LogP contribution in [0.25, 0.3) is 16.8 Å². The maximum atomic E-state index is 13.2. The molecule has 0 aliphatic heterocycles. The Kier molecular flexibility index (Phi) is 5.70. The summed E-state index contributed by atoms with van der Waals surface area (Å²) in [6.07, 6.45) is 1.44. The van der Waals surface area contributed by atoms with Gasteiger partial charge in [0.25, 0.3) is 5.69 Å². The van der Waals surface area contributed by atoms with Gasteiger partial charge in [-0.05, 0) is 31.2 Å². The summed E-state index contributed by atoms with van der Waals surface area (Å²) in [7, 11) is 0. The molecule has 0 radical (unpaired) electrons. The SMILES string of the molecule is CCOC(=O)c1cc(C(=O)c2cccc([N+](=O)[O-])c2)n2cnc(-c3ccc(Cl)cc3)cc12. The highest BCUT2D eigenvalue weighted by atomic mass is 35.5. The molecule has 0 aliphatic rings. The highest BCUT2D eigenvalue weighted by Gasteiger charge is 2.23. The van der Waals surface area contributed by atoms with E-state index in [0.29, 0.717) is 16.2 Å². The van der Waals surface area contributed by atoms with E-state index in [0.717, 1.165) is 5.56 Å². The van der Waals surface area contributed by atoms with Gasteiger partial charge >= 0.3 is 5.97 Å². The van der Waals surface area contributed by atoms with Crippen LogP contribution in [-0.2, 0) is 4.74 Å². The highest BCUT2D eigenvalue weighted by Crippen LogP contribution is 2.26. The molecule has 0 amide bonds. The average Bonchev–Trinajstić information content (AvgIpc) is 3.18. The van der Waals surface area contributed by atoms with Crippen LogP contribution in [0.4, 0.5) is 5.69 Å². The number of nitro groups is 1. The summed E-state index contributed by atoms with van der Waals surface area (Å²) in [5.74, 6) is -1.07. The lowest BCUT2D eigenvalue weighted by atomic mass is 10.1. The van der Waals surface area contributed by atoms with E-state index in [1.54, 1.807) is 37.3 Å². The van der Waals surface area contributed by atoms with Crippen molar-refractivity contribution in [1.82, 2.24) is 9.38 Å². The minimum Gasteiger partial charge on any atom is -0.462 e. The predicted molar refractivity (Wildman–Crippen MR) is 118 cm³/mol. The molecule has 2 aromatic carbocycles. The fraction of sp³-hybridized carbons (Fsp3) is 0.0870. The van der Waals surface area contributed by atoms with Gasteiger partial charge in [0, 0.05) is 28.3 Å². The van der Waals surface area contributed by atoms with Crippen molar-refractivity contribution in [2.75, 3.05) is 6.61 Å². The fourth-order valence-corrected chi connectivity index (χ4v) is 3.46. The number of nitro benzene ring substituents is 1. The minimum absolute atomic E-state index is 0.121. The molecule has 0 atom stereocenters. The Morgan fingerprint density at radius 2 is 1.88 bits per heavy atom. The summed E-state index contributed by atoms with van der Waals surface area (Å²) in [5, 5.41) is 11.7. The van der Waals surface area contributed by atoms with Crippen molar-refractivity contribution >= 4 is 34.6 Å². The lowest BCUT2D eigenvalue weighted by Gasteiger charge is -2.06. The van der Waals surface area contributed by atoms with Gasteiger partial charge in [-0.3, -0.25) is 19.3 Å². The van der Waals surface area contributed by atoms with E-state index in [1.165, 1.54) is 41.1 Å². The van der Waals surface area contributed by atoms with Crippen molar-refractivity contribution in [3.05, 3.63) is 98.9 Å². The smallest absolute Gasteiger partial charge is 0.340 e. The zero-order valence-corrected chi connectivity index (χ0v) is 17.6. The number of ether oxygens (including phenoxy) is 1. The first-order valence-electron chi connectivity index (χ1n) is 9.62. The van der Waals surface area contributed by atoms with Crippen molar-refractivity contribution in [2.24, 2.45) is 0 Å². The van der Waals surface area contributed by atoms with Crippen LogP contribution in [0.15, 0.2) is 67.0 Å². The van der Waals surface area contributed by atoms with Gasteiger partial charge in [-0.1, -0.05) is 35.9 Å². The summed E-state index contributed by atoms with van der Waals surface area (Å²) in [4.78, 5) is 40.7. The van der Waals surface area contributed by atoms with E-state index in [9.17, 15) is 19.7 Å². The molecule has 0 saturated heterocycles. The Labute approximate surface area is 187 Å². The van der Waals surface area contributed by atoms with E-state index >= 15 is 0 Å². The molecule has 8 nitrogen and oxygen atoms in total. The number of aromatic nitrogens is 2. The number of esters is 1. The summed E-state index contributed by atoms with van der Waals surface area (Å²) in [6, 6.07) is 15.6. The van der Waals surface area contributed by atoms with Gasteiger partial charge in [0.05, 0.1) is 34.0 Å². The minimum atomic E-state index is -0.587. The van der Waals surface area contributed by atoms with Gasteiger partial charge in [-0.2, -0.15) is 0 Å². The quantitative estimate of drug-likeness (QED) is 0.178. The van der Waals surface area contributed by atoms with Crippen LogP contribution in [-0.4, -0.2) is 32.7 Å². The molecule has 2 aromatic heterocycles. The van der Waals surface area contributed by atoms with Gasteiger partial charge in [0.2, 0.25) is 5.78 Å². The van der Waals surface area contributed by atoms with Crippen molar-refractivity contribution in [3.63, 3.8) is 0 Å². The third-order valence-electron chi connectivity index (χ3n) is 4.85. The number of nitrogens with zero attached hydrogens (tertiary/aromatic N) is 3. The largest absolute Gasteiger partial charge is 0.462 e. The second-order valence-corrected chi connectivity index (χ2v) is 7.27. The van der Waals surface area contributed by atoms with Gasteiger partial charge in [-0.15, -0.1) is 0 Å². The Balaban J connectivity index is 1.87. The Morgan fingerprint density at radius 1 is 1.12 bits per heavy atom. The second-order valence-electron chi connectivity index (χ2n) is 6.84. The maximum absolute atomic E-state index is 13.2. The molecule has 0 saturated carbocycles. The monoisotopic (exact) mass is 449 g/mol. The molecule has 2 heterocycles. The molecule has 0 bridgehead atoms. The summed E-state index contributed by atoms with van der Waals surface area (Å²) in [5.41, 5.74) is 2.03. The molecule has 9 heteroatoms. The third kappa shape index (κ3) is 3.95. The highest BCUT2D eigenvalue weighted by molar-refractivity contribution is 6.30. The number of benzene rings is 2. The first-order chi connectivity index (χ1) is 15.4. The predicted octanol–water partition coefficient (Wildman–Crippen LogP) is 4.97. The van der Waals surface area contributed by atoms with Crippen molar-refractivity contribution in [2.45, 2.75) is 6.92 Å². The zero-order chi connectivity index (χ0) is 22.8. The van der Waals surface area contributed by atoms with Crippen LogP contribution < -0.4 is 0 Å². The molecule has 0 spiro atoms. The number of carbonyl (C=O) groups excluding carboxylic acids is 2. The van der Waals surface area contributed by atoms with Crippen molar-refractivity contribution in [1.29, 1.82) is 0 Å². The van der Waals surface area contributed by atoms with E-state index in [2.05, 4.69) is 4.98 Å². The lowest BCUT2D eigenvalue weighted by Crippen LogP contribution is -2.06. The van der Waals surface area contributed by atoms with Crippen LogP contribution in [0.2, 0.25) is 5.02 Å². The number of non-ortho nitro benzene ring substituents is 1. The standard InChI is InChI=1S/C23H16ClN3O5/c1-2-32-23(29)18-11-21(22(28)15-4-3-5-17(10-15)27(30)31)26-13-25-19(12-20(18)26)14-6-8-16(24)9-7-14/h3-13H,2H2,1H3. The summed E-state index contributed by atoms with van der Waals surface area (Å²) < 4.78 is 6.63. The van der Waals surface area contributed by atoms with Crippen LogP contribution in [0.5, 0.6) is 0 Å². The molecule has 0 aliphatic carbocycles. The van der Waals surface area contributed by atoms with Crippen LogP contribution >= 0.6 is 11.6 Å². The van der Waals surface area contributed by atoms with Crippen LogP contribution in [0.3, 0.4) is 0 Å². The van der Waals surface area contributed by atoms with Gasteiger partial charge < -0.3 is 4.74 Å². The normalized spacial score (nSPS) is 10.8. The fourth-order valence-electron chi connectivity index (χ4n) is 3.33. The molecular formula is C23H16ClN3O5. The number of ketones is 1. The third-order valence-corrected chi connectivity index (χ3v) is 5.10. The van der Waals surface area contributed by atoms with Gasteiger partial charge in [0.1, 0.15) is 6.33 Å². The molecule has 160 valence electrons. The van der Waals surface area contributed by atoms with E-state index in [4.69, 9.17) is 16.3 Å². The molecule has 0 fully saturated rings. The second kappa shape index (κ2) is 8.60. The van der Waals surface area contributed by atoms with E-state index < -0.39 is 16.7 Å². The van der Waals surface area contributed by atoms with Crippen molar-refractivity contribution < 1.29 is 19.2 Å². The number of halogens is 1. The molecule has 32 heavy (non-hydrogen) atoms. The van der Waals surface area contributed by atoms with Gasteiger partial charge in [0.15, 0.2) is 0 Å². The maximum Gasteiger partial charge on any atom is 0.340 e. The van der Waals surface area contributed by atoms with E-state index in [-0.39, 0.29) is 29.1 Å². The molecule has 4 rings (SSSR count). The Morgan fingerprint density at radius 3 is 2.56 bits per heavy atom. The molecule has 0 N–H and O–H groups in total. The Hall–Kier alpha value is -4.04. The Bertz CT molecular complexity index is 1360. The van der Waals surface area contributed by atoms with E-state index in [1.807, 2.05) is 0 Å². The number of hydrogen-bond acceptors (Lipinski definition) is 6. The number of rotatable bonds is 6. The van der Waals surface area contributed by atoms with Crippen LogP contribution in [0, 0.1) is 10.1 Å². The van der Waals surface area contributed by atoms with Gasteiger partial charge in [-0.25, -0.2) is 9.78 Å². The first-order valence-corrected chi connectivity index (χ1v) is 10.00. The molecular weight excluding hydrogens is 434 g/mol. The molecule has 4 aromatic rings. The average molecular weight is 450 g/mol. The zero-order valence-electron chi connectivity index (χ0n) is 16.8. The summed E-state index contributed by atoms with van der Waals surface area (Å²) >= 11 is 5.96. The first kappa shape index (κ1) is 21.2. The topological polar surface area (TPSA) is 104 Å². The summed E-state index contributed by atoms with van der Waals surface area (Å²) in [6.45, 7) is 1.85. The van der Waals surface area contributed by atoms with Crippen LogP contribution in [0.1, 0.15) is 33.3 Å². The number of hydrogen-bond donors (Lipinski definition) is 0. The van der Waals surface area contributed by atoms with Crippen molar-refractivity contribution in [3.8, 4) is 11.3 Å². The molecule has 0 unspecified atom stereocenters. The number of fused-ring (bicyclic) bond motifs is 1. The number of carbonyl (C=O) groups is 2. The lowest BCUT2D eigenvalue weighted by molar-refractivity contribution is -0.384.